The summed E-state index contributed by atoms with van der Waals surface area (Å²) in [7, 11) is 2.19. The van der Waals surface area contributed by atoms with E-state index in [0.717, 1.165) is 37.8 Å². The lowest BCUT2D eigenvalue weighted by Gasteiger charge is -2.37. The van der Waals surface area contributed by atoms with Gasteiger partial charge in [-0.25, -0.2) is 4.68 Å². The highest BCUT2D eigenvalue weighted by molar-refractivity contribution is 5.85. The van der Waals surface area contributed by atoms with Gasteiger partial charge in [0.05, 0.1) is 18.7 Å². The van der Waals surface area contributed by atoms with E-state index >= 15 is 0 Å². The first-order chi connectivity index (χ1) is 13.3. The van der Waals surface area contributed by atoms with Crippen LogP contribution in [0.25, 0.3) is 0 Å². The van der Waals surface area contributed by atoms with Gasteiger partial charge in [-0.3, -0.25) is 4.90 Å². The number of nitrogens with zero attached hydrogens (tertiary/aromatic N) is 6. The van der Waals surface area contributed by atoms with Crippen LogP contribution >= 0.6 is 12.4 Å². The summed E-state index contributed by atoms with van der Waals surface area (Å²) in [6.07, 6.45) is 4.89. The van der Waals surface area contributed by atoms with E-state index in [1.165, 1.54) is 31.2 Å². The van der Waals surface area contributed by atoms with E-state index in [4.69, 9.17) is 4.74 Å². The van der Waals surface area contributed by atoms with Gasteiger partial charge in [0.15, 0.2) is 5.82 Å². The summed E-state index contributed by atoms with van der Waals surface area (Å²) in [5, 5.41) is 13.0. The number of hydrogen-bond acceptors (Lipinski definition) is 6. The zero-order valence-corrected chi connectivity index (χ0v) is 17.6. The van der Waals surface area contributed by atoms with Crippen molar-refractivity contribution in [1.29, 1.82) is 0 Å². The molecule has 28 heavy (non-hydrogen) atoms. The Kier molecular flexibility index (Phi) is 7.26. The van der Waals surface area contributed by atoms with E-state index in [9.17, 15) is 0 Å². The molecule has 0 spiro atoms. The molecule has 2 fully saturated rings. The Balaban J connectivity index is 0.00000225. The maximum atomic E-state index is 5.63. The zero-order chi connectivity index (χ0) is 18.6. The van der Waals surface area contributed by atoms with E-state index < -0.39 is 0 Å². The number of benzene rings is 1. The van der Waals surface area contributed by atoms with Crippen molar-refractivity contribution in [1.82, 2.24) is 30.0 Å². The highest BCUT2D eigenvalue weighted by Gasteiger charge is 2.32. The Labute approximate surface area is 173 Å². The van der Waals surface area contributed by atoms with Crippen molar-refractivity contribution in [2.45, 2.75) is 44.7 Å². The largest absolute Gasteiger partial charge is 0.494 e. The number of hydrogen-bond donors (Lipinski definition) is 0. The molecule has 1 aromatic heterocycles. The molecule has 0 radical (unpaired) electrons. The average molecular weight is 407 g/mol. The van der Waals surface area contributed by atoms with Crippen LogP contribution in [-0.4, -0.2) is 69.8 Å². The van der Waals surface area contributed by atoms with Gasteiger partial charge in [-0.1, -0.05) is 25.0 Å². The second-order valence-electron chi connectivity index (χ2n) is 7.66. The van der Waals surface area contributed by atoms with Crippen molar-refractivity contribution in [2.24, 2.45) is 0 Å². The molecule has 4 rings (SSSR count). The van der Waals surface area contributed by atoms with Crippen LogP contribution in [0, 0.1) is 0 Å². The maximum absolute atomic E-state index is 5.63. The molecular formula is C20H31ClN6O. The molecule has 0 bridgehead atoms. The first kappa shape index (κ1) is 21.0. The second kappa shape index (κ2) is 9.67. The number of rotatable bonds is 6. The van der Waals surface area contributed by atoms with Gasteiger partial charge in [0.25, 0.3) is 0 Å². The number of piperazine rings is 1. The molecule has 2 heterocycles. The number of aromatic nitrogens is 4. The van der Waals surface area contributed by atoms with Crippen LogP contribution in [0.15, 0.2) is 24.3 Å². The Hall–Kier alpha value is -1.70. The lowest BCUT2D eigenvalue weighted by molar-refractivity contribution is 0.120. The van der Waals surface area contributed by atoms with Gasteiger partial charge >= 0.3 is 0 Å². The highest BCUT2D eigenvalue weighted by atomic mass is 35.5. The zero-order valence-electron chi connectivity index (χ0n) is 16.8. The minimum atomic E-state index is 0. The molecule has 0 N–H and O–H groups in total. The normalized spacial score (nSPS) is 20.1. The second-order valence-corrected chi connectivity index (χ2v) is 7.66. The molecule has 1 aliphatic heterocycles. The fraction of sp³-hybridized carbons (Fsp3) is 0.650. The molecule has 1 unspecified atom stereocenters. The minimum absolute atomic E-state index is 0. The summed E-state index contributed by atoms with van der Waals surface area (Å²) in [5.41, 5.74) is 1.23. The quantitative estimate of drug-likeness (QED) is 0.735. The Bertz CT molecular complexity index is 723. The van der Waals surface area contributed by atoms with Gasteiger partial charge in [-0.15, -0.1) is 17.5 Å². The van der Waals surface area contributed by atoms with Crippen molar-refractivity contribution >= 4 is 12.4 Å². The molecule has 1 aromatic carbocycles. The Morgan fingerprint density at radius 3 is 2.39 bits per heavy atom. The molecular weight excluding hydrogens is 376 g/mol. The van der Waals surface area contributed by atoms with Gasteiger partial charge < -0.3 is 9.64 Å². The topological polar surface area (TPSA) is 59.3 Å². The van der Waals surface area contributed by atoms with E-state index in [1.54, 1.807) is 0 Å². The van der Waals surface area contributed by atoms with E-state index in [1.807, 2.05) is 6.92 Å². The van der Waals surface area contributed by atoms with Crippen LogP contribution in [0.4, 0.5) is 0 Å². The van der Waals surface area contributed by atoms with Crippen molar-refractivity contribution < 1.29 is 4.74 Å². The Morgan fingerprint density at radius 2 is 1.75 bits per heavy atom. The number of ether oxygens (including phenoxy) is 1. The third-order valence-corrected chi connectivity index (χ3v) is 5.84. The van der Waals surface area contributed by atoms with Gasteiger partial charge in [0, 0.05) is 26.2 Å². The smallest absolute Gasteiger partial charge is 0.173 e. The average Bonchev–Trinajstić information content (AvgIpc) is 3.37. The van der Waals surface area contributed by atoms with Gasteiger partial charge in [-0.2, -0.15) is 0 Å². The lowest BCUT2D eigenvalue weighted by atomic mass is 10.0. The fourth-order valence-electron chi connectivity index (χ4n) is 4.31. The monoisotopic (exact) mass is 406 g/mol. The third kappa shape index (κ3) is 4.47. The number of likely N-dealkylation sites (N-methyl/N-ethyl adjacent to an activating group) is 1. The van der Waals surface area contributed by atoms with E-state index in [0.29, 0.717) is 12.6 Å². The summed E-state index contributed by atoms with van der Waals surface area (Å²) in [5.74, 6) is 1.89. The van der Waals surface area contributed by atoms with Gasteiger partial charge in [0.1, 0.15) is 5.75 Å². The molecule has 0 amide bonds. The first-order valence-corrected chi connectivity index (χ1v) is 10.2. The maximum Gasteiger partial charge on any atom is 0.173 e. The minimum Gasteiger partial charge on any atom is -0.494 e. The van der Waals surface area contributed by atoms with Gasteiger partial charge in [-0.05, 0) is 54.9 Å². The van der Waals surface area contributed by atoms with E-state index in [2.05, 4.69) is 61.3 Å². The van der Waals surface area contributed by atoms with Crippen LogP contribution in [0.3, 0.4) is 0 Å². The predicted octanol–water partition coefficient (Wildman–Crippen LogP) is 2.95. The standard InChI is InChI=1S/C20H30N6O.ClH/c1-3-27-18-10-8-16(9-11-18)19(25-14-12-24(2)13-15-25)20-21-22-23-26(20)17-6-4-5-7-17;/h8-11,17,19H,3-7,12-15H2,1-2H3;1H. The van der Waals surface area contributed by atoms with E-state index in [-0.39, 0.29) is 18.4 Å². The number of halogens is 1. The van der Waals surface area contributed by atoms with Crippen molar-refractivity contribution in [3.63, 3.8) is 0 Å². The van der Waals surface area contributed by atoms with Crippen molar-refractivity contribution in [3.8, 4) is 5.75 Å². The fourth-order valence-corrected chi connectivity index (χ4v) is 4.31. The molecule has 1 aliphatic carbocycles. The molecule has 1 saturated carbocycles. The van der Waals surface area contributed by atoms with Crippen LogP contribution in [-0.2, 0) is 0 Å². The van der Waals surface area contributed by atoms with Crippen LogP contribution in [0.5, 0.6) is 5.75 Å². The van der Waals surface area contributed by atoms with Crippen molar-refractivity contribution in [2.75, 3.05) is 39.8 Å². The molecule has 8 heteroatoms. The van der Waals surface area contributed by atoms with Crippen LogP contribution < -0.4 is 4.74 Å². The summed E-state index contributed by atoms with van der Waals surface area (Å²) in [4.78, 5) is 4.90. The Morgan fingerprint density at radius 1 is 1.07 bits per heavy atom. The highest BCUT2D eigenvalue weighted by Crippen LogP contribution is 2.34. The lowest BCUT2D eigenvalue weighted by Crippen LogP contribution is -2.46. The van der Waals surface area contributed by atoms with Gasteiger partial charge in [0.2, 0.25) is 0 Å². The predicted molar refractivity (Wildman–Crippen MR) is 111 cm³/mol. The summed E-state index contributed by atoms with van der Waals surface area (Å²) < 4.78 is 7.73. The first-order valence-electron chi connectivity index (χ1n) is 10.2. The third-order valence-electron chi connectivity index (χ3n) is 5.84. The molecule has 2 aliphatic rings. The SMILES string of the molecule is CCOc1ccc(C(c2nnnn2C2CCCC2)N2CCN(C)CC2)cc1.Cl. The molecule has 1 atom stereocenters. The molecule has 1 saturated heterocycles. The molecule has 7 nitrogen and oxygen atoms in total. The summed E-state index contributed by atoms with van der Waals surface area (Å²) in [6.45, 7) is 6.87. The van der Waals surface area contributed by atoms with Crippen molar-refractivity contribution in [3.05, 3.63) is 35.7 Å². The molecule has 2 aromatic rings. The van der Waals surface area contributed by atoms with Crippen LogP contribution in [0.1, 0.15) is 56.1 Å². The summed E-state index contributed by atoms with van der Waals surface area (Å²) in [6, 6.07) is 8.98. The number of tetrazole rings is 1. The molecule has 154 valence electrons. The summed E-state index contributed by atoms with van der Waals surface area (Å²) >= 11 is 0. The van der Waals surface area contributed by atoms with Crippen LogP contribution in [0.2, 0.25) is 0 Å².